The van der Waals surface area contributed by atoms with Crippen LogP contribution in [0.2, 0.25) is 0 Å². The Bertz CT molecular complexity index is 465. The lowest BCUT2D eigenvalue weighted by Crippen LogP contribution is -2.29. The minimum absolute atomic E-state index is 0.169. The number of rotatable bonds is 8. The van der Waals surface area contributed by atoms with Crippen molar-refractivity contribution < 1.29 is 8.42 Å². The second-order valence-electron chi connectivity index (χ2n) is 5.00. The van der Waals surface area contributed by atoms with Crippen molar-refractivity contribution in [1.82, 2.24) is 4.72 Å². The maximum Gasteiger partial charge on any atom is 0.212 e. The Morgan fingerprint density at radius 1 is 1.11 bits per heavy atom. The number of unbranched alkanes of at least 4 members (excludes halogenated alkanes) is 1. The first-order valence-corrected chi connectivity index (χ1v) is 8.72. The van der Waals surface area contributed by atoms with Crippen molar-refractivity contribution in [2.75, 3.05) is 5.75 Å². The van der Waals surface area contributed by atoms with Crippen LogP contribution in [0, 0.1) is 0 Å². The van der Waals surface area contributed by atoms with E-state index in [1.54, 1.807) is 0 Å². The molecule has 0 unspecified atom stereocenters. The highest BCUT2D eigenvalue weighted by Crippen LogP contribution is 2.15. The maximum absolute atomic E-state index is 11.8. The van der Waals surface area contributed by atoms with Crippen molar-refractivity contribution in [2.45, 2.75) is 52.5 Å². The molecular formula is C15H25NO2S. The molecule has 0 aliphatic heterocycles. The van der Waals surface area contributed by atoms with E-state index in [0.29, 0.717) is 6.42 Å². The molecule has 0 bridgehead atoms. The van der Waals surface area contributed by atoms with E-state index in [1.807, 2.05) is 26.0 Å². The van der Waals surface area contributed by atoms with Gasteiger partial charge < -0.3 is 0 Å². The third-order valence-corrected chi connectivity index (χ3v) is 4.68. The van der Waals surface area contributed by atoms with Gasteiger partial charge in [-0.15, -0.1) is 0 Å². The van der Waals surface area contributed by atoms with E-state index in [1.165, 1.54) is 5.56 Å². The molecule has 108 valence electrons. The molecule has 0 fully saturated rings. The van der Waals surface area contributed by atoms with Crippen LogP contribution < -0.4 is 4.72 Å². The molecular weight excluding hydrogens is 258 g/mol. The molecule has 1 aromatic carbocycles. The topological polar surface area (TPSA) is 46.2 Å². The molecule has 0 amide bonds. The molecule has 0 aliphatic carbocycles. The molecule has 0 spiro atoms. The van der Waals surface area contributed by atoms with Gasteiger partial charge in [0.15, 0.2) is 0 Å². The Hall–Kier alpha value is -0.870. The van der Waals surface area contributed by atoms with E-state index in [2.05, 4.69) is 23.8 Å². The monoisotopic (exact) mass is 283 g/mol. The van der Waals surface area contributed by atoms with Crippen molar-refractivity contribution in [2.24, 2.45) is 0 Å². The molecule has 0 aliphatic rings. The van der Waals surface area contributed by atoms with Crippen LogP contribution in [-0.4, -0.2) is 14.2 Å². The number of sulfonamides is 1. The molecule has 1 N–H and O–H groups in total. The van der Waals surface area contributed by atoms with Crippen LogP contribution in [0.3, 0.4) is 0 Å². The van der Waals surface area contributed by atoms with Gasteiger partial charge >= 0.3 is 0 Å². The first kappa shape index (κ1) is 16.2. The number of nitrogens with one attached hydrogen (secondary N) is 1. The Balaban J connectivity index is 2.64. The average molecular weight is 283 g/mol. The summed E-state index contributed by atoms with van der Waals surface area (Å²) in [7, 11) is -3.16. The molecule has 0 aromatic heterocycles. The summed E-state index contributed by atoms with van der Waals surface area (Å²) >= 11 is 0. The molecule has 0 heterocycles. The molecule has 3 nitrogen and oxygen atoms in total. The van der Waals surface area contributed by atoms with Gasteiger partial charge in [0.25, 0.3) is 0 Å². The highest BCUT2D eigenvalue weighted by molar-refractivity contribution is 7.89. The van der Waals surface area contributed by atoms with E-state index >= 15 is 0 Å². The van der Waals surface area contributed by atoms with E-state index in [9.17, 15) is 8.42 Å². The molecule has 0 saturated heterocycles. The van der Waals surface area contributed by atoms with Crippen molar-refractivity contribution in [1.29, 1.82) is 0 Å². The van der Waals surface area contributed by atoms with Gasteiger partial charge in [0, 0.05) is 6.04 Å². The highest BCUT2D eigenvalue weighted by Gasteiger charge is 2.14. The molecule has 0 saturated carbocycles. The first-order chi connectivity index (χ1) is 8.98. The Morgan fingerprint density at radius 3 is 2.26 bits per heavy atom. The van der Waals surface area contributed by atoms with Crippen LogP contribution >= 0.6 is 0 Å². The van der Waals surface area contributed by atoms with Gasteiger partial charge in [-0.25, -0.2) is 13.1 Å². The van der Waals surface area contributed by atoms with Crippen LogP contribution in [0.15, 0.2) is 24.3 Å². The summed E-state index contributed by atoms with van der Waals surface area (Å²) in [5, 5.41) is 0. The number of aryl methyl sites for hydroxylation is 1. The third-order valence-electron chi connectivity index (χ3n) is 3.14. The van der Waals surface area contributed by atoms with Gasteiger partial charge in [-0.1, -0.05) is 51.0 Å². The molecule has 4 heteroatoms. The summed E-state index contributed by atoms with van der Waals surface area (Å²) in [6.07, 6.45) is 3.79. The van der Waals surface area contributed by atoms with E-state index in [4.69, 9.17) is 0 Å². The summed E-state index contributed by atoms with van der Waals surface area (Å²) in [6.45, 7) is 6.03. The summed E-state index contributed by atoms with van der Waals surface area (Å²) in [5.74, 6) is 0.210. The van der Waals surface area contributed by atoms with Crippen LogP contribution in [0.1, 0.15) is 57.2 Å². The van der Waals surface area contributed by atoms with Gasteiger partial charge in [0.05, 0.1) is 5.75 Å². The zero-order valence-corrected chi connectivity index (χ0v) is 13.0. The van der Waals surface area contributed by atoms with Gasteiger partial charge in [0.2, 0.25) is 10.0 Å². The predicted octanol–water partition coefficient (Wildman–Crippen LogP) is 3.42. The fraction of sp³-hybridized carbons (Fsp3) is 0.600. The van der Waals surface area contributed by atoms with Gasteiger partial charge in [-0.3, -0.25) is 0 Å². The van der Waals surface area contributed by atoms with Crippen LogP contribution in [0.5, 0.6) is 0 Å². The van der Waals surface area contributed by atoms with Crippen molar-refractivity contribution in [3.63, 3.8) is 0 Å². The molecule has 1 rings (SSSR count). The Morgan fingerprint density at radius 2 is 1.74 bits per heavy atom. The SMILES string of the molecule is CCCCS(=O)(=O)N[C@@H](C)c1ccc(CCC)cc1. The first-order valence-electron chi connectivity index (χ1n) is 7.07. The molecule has 1 aromatic rings. The number of hydrogen-bond acceptors (Lipinski definition) is 2. The van der Waals surface area contributed by atoms with Crippen LogP contribution in [0.4, 0.5) is 0 Å². The van der Waals surface area contributed by atoms with Crippen molar-refractivity contribution in [3.8, 4) is 0 Å². The summed E-state index contributed by atoms with van der Waals surface area (Å²) in [6, 6.07) is 8.01. The quantitative estimate of drug-likeness (QED) is 0.794. The van der Waals surface area contributed by atoms with Gasteiger partial charge in [-0.05, 0) is 30.9 Å². The molecule has 19 heavy (non-hydrogen) atoms. The summed E-state index contributed by atoms with van der Waals surface area (Å²) in [5.41, 5.74) is 2.31. The van der Waals surface area contributed by atoms with Gasteiger partial charge in [-0.2, -0.15) is 0 Å². The molecule has 1 atom stereocenters. The van der Waals surface area contributed by atoms with Crippen molar-refractivity contribution >= 4 is 10.0 Å². The molecule has 0 radical (unpaired) electrons. The second kappa shape index (κ2) is 7.65. The number of benzene rings is 1. The lowest BCUT2D eigenvalue weighted by Gasteiger charge is -2.15. The smallest absolute Gasteiger partial charge is 0.212 e. The Kier molecular flexibility index (Phi) is 6.52. The predicted molar refractivity (Wildman–Crippen MR) is 80.7 cm³/mol. The number of hydrogen-bond donors (Lipinski definition) is 1. The fourth-order valence-electron chi connectivity index (χ4n) is 1.99. The highest BCUT2D eigenvalue weighted by atomic mass is 32.2. The Labute approximate surface area is 117 Å². The lowest BCUT2D eigenvalue weighted by molar-refractivity contribution is 0.564. The van der Waals surface area contributed by atoms with E-state index < -0.39 is 10.0 Å². The summed E-state index contributed by atoms with van der Waals surface area (Å²) < 4.78 is 26.4. The van der Waals surface area contributed by atoms with Crippen LogP contribution in [-0.2, 0) is 16.4 Å². The van der Waals surface area contributed by atoms with Crippen LogP contribution in [0.25, 0.3) is 0 Å². The zero-order chi connectivity index (χ0) is 14.3. The zero-order valence-electron chi connectivity index (χ0n) is 12.1. The third kappa shape index (κ3) is 5.74. The largest absolute Gasteiger partial charge is 0.212 e. The lowest BCUT2D eigenvalue weighted by atomic mass is 10.0. The average Bonchev–Trinajstić information content (AvgIpc) is 2.37. The maximum atomic E-state index is 11.8. The second-order valence-corrected chi connectivity index (χ2v) is 6.88. The van der Waals surface area contributed by atoms with Gasteiger partial charge in [0.1, 0.15) is 0 Å². The minimum Gasteiger partial charge on any atom is -0.212 e. The fourth-order valence-corrected chi connectivity index (χ4v) is 3.45. The van der Waals surface area contributed by atoms with E-state index in [-0.39, 0.29) is 11.8 Å². The standard InChI is InChI=1S/C15H25NO2S/c1-4-6-12-19(17,18)16-13(3)15-10-8-14(7-5-2)9-11-15/h8-11,13,16H,4-7,12H2,1-3H3/t13-/m0/s1. The minimum atomic E-state index is -3.16. The van der Waals surface area contributed by atoms with E-state index in [0.717, 1.165) is 24.8 Å². The van der Waals surface area contributed by atoms with Crippen molar-refractivity contribution in [3.05, 3.63) is 35.4 Å². The normalized spacial score (nSPS) is 13.4. The summed E-state index contributed by atoms with van der Waals surface area (Å²) in [4.78, 5) is 0.